The molecule has 1 aromatic heterocycles. The maximum absolute atomic E-state index is 13.9. The van der Waals surface area contributed by atoms with Crippen molar-refractivity contribution in [1.29, 1.82) is 0 Å². The number of aromatic nitrogens is 2. The number of aliphatic carboxylic acids is 1. The number of nitrogens with one attached hydrogen (secondary N) is 1. The Morgan fingerprint density at radius 3 is 2.37 bits per heavy atom. The Balaban J connectivity index is 1.60. The zero-order valence-electron chi connectivity index (χ0n) is 21.8. The van der Waals surface area contributed by atoms with Crippen molar-refractivity contribution in [2.45, 2.75) is 57.9 Å². The molecular formula is C29H34F2N4O3. The lowest BCUT2D eigenvalue weighted by Crippen LogP contribution is -2.29. The van der Waals surface area contributed by atoms with Crippen molar-refractivity contribution < 1.29 is 23.5 Å². The highest BCUT2D eigenvalue weighted by Crippen LogP contribution is 2.38. The number of carbonyl (C=O) groups is 2. The minimum Gasteiger partial charge on any atom is -0.481 e. The predicted molar refractivity (Wildman–Crippen MR) is 141 cm³/mol. The molecule has 4 rings (SSSR count). The molecule has 202 valence electrons. The summed E-state index contributed by atoms with van der Waals surface area (Å²) in [5, 5.41) is 17.2. The van der Waals surface area contributed by atoms with Crippen molar-refractivity contribution in [2.24, 2.45) is 5.92 Å². The first kappa shape index (κ1) is 27.3. The number of rotatable bonds is 10. The summed E-state index contributed by atoms with van der Waals surface area (Å²) in [4.78, 5) is 24.9. The van der Waals surface area contributed by atoms with Gasteiger partial charge in [-0.15, -0.1) is 0 Å². The first-order chi connectivity index (χ1) is 18.2. The Morgan fingerprint density at radius 1 is 1.11 bits per heavy atom. The van der Waals surface area contributed by atoms with Crippen molar-refractivity contribution in [3.05, 3.63) is 77.1 Å². The fourth-order valence-corrected chi connectivity index (χ4v) is 5.15. The molecule has 1 heterocycles. The van der Waals surface area contributed by atoms with Crippen LogP contribution in [0, 0.1) is 17.6 Å². The molecule has 0 aliphatic heterocycles. The molecule has 1 saturated carbocycles. The lowest BCUT2D eigenvalue weighted by molar-refractivity contribution is -0.137. The summed E-state index contributed by atoms with van der Waals surface area (Å²) in [6.07, 6.45) is 8.04. The molecule has 7 nitrogen and oxygen atoms in total. The largest absolute Gasteiger partial charge is 0.481 e. The van der Waals surface area contributed by atoms with Gasteiger partial charge in [0.15, 0.2) is 0 Å². The van der Waals surface area contributed by atoms with Crippen LogP contribution in [-0.2, 0) is 11.2 Å². The van der Waals surface area contributed by atoms with Crippen LogP contribution in [0.25, 0.3) is 5.69 Å². The van der Waals surface area contributed by atoms with Gasteiger partial charge in [-0.1, -0.05) is 26.2 Å². The topological polar surface area (TPSA) is 87.5 Å². The van der Waals surface area contributed by atoms with Crippen LogP contribution >= 0.6 is 0 Å². The average Bonchev–Trinajstić information content (AvgIpc) is 3.34. The van der Waals surface area contributed by atoms with Gasteiger partial charge in [-0.25, -0.2) is 13.5 Å². The molecule has 1 atom stereocenters. The summed E-state index contributed by atoms with van der Waals surface area (Å²) in [5.74, 6) is -2.13. The molecule has 1 aliphatic rings. The molecule has 1 unspecified atom stereocenters. The first-order valence-corrected chi connectivity index (χ1v) is 13.1. The number of aryl methyl sites for hydroxylation is 1. The van der Waals surface area contributed by atoms with E-state index in [9.17, 15) is 18.4 Å². The Bertz CT molecular complexity index is 1250. The van der Waals surface area contributed by atoms with Gasteiger partial charge in [-0.2, -0.15) is 5.10 Å². The van der Waals surface area contributed by atoms with E-state index in [-0.39, 0.29) is 24.9 Å². The lowest BCUT2D eigenvalue weighted by atomic mass is 9.81. The van der Waals surface area contributed by atoms with Crippen LogP contribution in [0.2, 0.25) is 0 Å². The van der Waals surface area contributed by atoms with Gasteiger partial charge < -0.3 is 15.3 Å². The van der Waals surface area contributed by atoms with Gasteiger partial charge in [0.1, 0.15) is 11.6 Å². The van der Waals surface area contributed by atoms with Crippen LogP contribution in [0.4, 0.5) is 14.5 Å². The van der Waals surface area contributed by atoms with Gasteiger partial charge in [-0.05, 0) is 61.6 Å². The van der Waals surface area contributed by atoms with Crippen LogP contribution in [0.3, 0.4) is 0 Å². The number of carboxylic acid groups (broad SMARTS) is 1. The number of nitrogens with zero attached hydrogens (tertiary/aromatic N) is 3. The molecule has 38 heavy (non-hydrogen) atoms. The van der Waals surface area contributed by atoms with Crippen molar-refractivity contribution in [3.63, 3.8) is 0 Å². The van der Waals surface area contributed by atoms with E-state index >= 15 is 0 Å². The van der Waals surface area contributed by atoms with E-state index < -0.39 is 17.6 Å². The van der Waals surface area contributed by atoms with Crippen molar-refractivity contribution in [2.75, 3.05) is 18.9 Å². The zero-order valence-corrected chi connectivity index (χ0v) is 21.8. The Labute approximate surface area is 221 Å². The maximum atomic E-state index is 13.9. The van der Waals surface area contributed by atoms with Gasteiger partial charge in [0.2, 0.25) is 0 Å². The smallest absolute Gasteiger partial charge is 0.305 e. The molecule has 3 aromatic rings. The Kier molecular flexibility index (Phi) is 8.76. The zero-order chi connectivity index (χ0) is 27.2. The third kappa shape index (κ3) is 6.57. The molecule has 2 aromatic carbocycles. The van der Waals surface area contributed by atoms with E-state index in [1.54, 1.807) is 23.9 Å². The Morgan fingerprint density at radius 2 is 1.76 bits per heavy atom. The quantitative estimate of drug-likeness (QED) is 0.340. The number of benzene rings is 2. The third-order valence-electron chi connectivity index (χ3n) is 7.19. The minimum absolute atomic E-state index is 0.0582. The second-order valence-electron chi connectivity index (χ2n) is 9.92. The van der Waals surface area contributed by atoms with Gasteiger partial charge in [0.25, 0.3) is 5.91 Å². The maximum Gasteiger partial charge on any atom is 0.305 e. The van der Waals surface area contributed by atoms with Crippen LogP contribution < -0.4 is 5.32 Å². The molecule has 9 heteroatoms. The second kappa shape index (κ2) is 12.2. The predicted octanol–water partition coefficient (Wildman–Crippen LogP) is 5.99. The van der Waals surface area contributed by atoms with Crippen molar-refractivity contribution >= 4 is 17.6 Å². The fourth-order valence-electron chi connectivity index (χ4n) is 5.15. The van der Waals surface area contributed by atoms with Crippen LogP contribution in [0.5, 0.6) is 0 Å². The van der Waals surface area contributed by atoms with Crippen molar-refractivity contribution in [1.82, 2.24) is 14.7 Å². The van der Waals surface area contributed by atoms with E-state index in [2.05, 4.69) is 10.4 Å². The van der Waals surface area contributed by atoms with E-state index in [1.165, 1.54) is 23.5 Å². The van der Waals surface area contributed by atoms with Gasteiger partial charge in [-0.3, -0.25) is 9.59 Å². The molecule has 0 saturated heterocycles. The highest BCUT2D eigenvalue weighted by molar-refractivity contribution is 5.94. The summed E-state index contributed by atoms with van der Waals surface area (Å²) in [5.41, 5.74) is 3.52. The third-order valence-corrected chi connectivity index (χ3v) is 7.19. The highest BCUT2D eigenvalue weighted by atomic mass is 19.1. The monoisotopic (exact) mass is 524 g/mol. The number of hydrogen-bond donors (Lipinski definition) is 2. The molecule has 1 amide bonds. The molecule has 0 radical (unpaired) electrons. The van der Waals surface area contributed by atoms with Crippen molar-refractivity contribution in [3.8, 4) is 5.69 Å². The summed E-state index contributed by atoms with van der Waals surface area (Å²) in [6, 6.07) is 10.5. The number of carboxylic acids is 1. The lowest BCUT2D eigenvalue weighted by Gasteiger charge is -2.32. The average molecular weight is 525 g/mol. The molecule has 2 N–H and O–H groups in total. The number of hydrogen-bond acceptors (Lipinski definition) is 4. The summed E-state index contributed by atoms with van der Waals surface area (Å²) in [7, 11) is 1.59. The second-order valence-corrected chi connectivity index (χ2v) is 9.92. The van der Waals surface area contributed by atoms with Crippen LogP contribution in [0.1, 0.15) is 73.1 Å². The van der Waals surface area contributed by atoms with Crippen LogP contribution in [-0.4, -0.2) is 45.3 Å². The van der Waals surface area contributed by atoms with E-state index in [0.717, 1.165) is 48.7 Å². The molecule has 0 bridgehead atoms. The number of amides is 1. The molecular weight excluding hydrogens is 490 g/mol. The summed E-state index contributed by atoms with van der Waals surface area (Å²) in [6.45, 7) is 2.15. The van der Waals surface area contributed by atoms with Gasteiger partial charge >= 0.3 is 5.97 Å². The number of halogens is 2. The van der Waals surface area contributed by atoms with E-state index in [1.807, 2.05) is 25.3 Å². The molecule has 0 spiro atoms. The highest BCUT2D eigenvalue weighted by Gasteiger charge is 2.29. The SMILES string of the molecule is CCc1nn(-c2cc(F)cc(F)c2)cc1C(Nc1ccc(C(=O)N(C)CCC(=O)O)cc1)C1CCCCC1. The Hall–Kier alpha value is -3.75. The summed E-state index contributed by atoms with van der Waals surface area (Å²) >= 11 is 0. The minimum atomic E-state index is -0.949. The fraction of sp³-hybridized carbons (Fsp3) is 0.414. The van der Waals surface area contributed by atoms with Gasteiger partial charge in [0.05, 0.1) is 23.8 Å². The standard InChI is InChI=1S/C29H34F2N4O3/c1-3-26-25(18-35(33-26)24-16-21(30)15-22(31)17-24)28(19-7-5-4-6-8-19)32-23-11-9-20(10-12-23)29(38)34(2)14-13-27(36)37/h9-12,15-19,28,32H,3-8,13-14H2,1-2H3,(H,36,37). The summed E-state index contributed by atoms with van der Waals surface area (Å²) < 4.78 is 29.4. The first-order valence-electron chi connectivity index (χ1n) is 13.1. The number of anilines is 1. The van der Waals surface area contributed by atoms with E-state index in [4.69, 9.17) is 5.11 Å². The number of carbonyl (C=O) groups excluding carboxylic acids is 1. The molecule has 1 fully saturated rings. The normalized spacial score (nSPS) is 14.7. The van der Waals surface area contributed by atoms with Crippen LogP contribution in [0.15, 0.2) is 48.7 Å². The van der Waals surface area contributed by atoms with E-state index in [0.29, 0.717) is 23.6 Å². The molecule has 1 aliphatic carbocycles. The van der Waals surface area contributed by atoms with Gasteiger partial charge in [0, 0.05) is 42.7 Å².